The second-order valence-electron chi connectivity index (χ2n) is 6.71. The minimum atomic E-state index is -1.32. The Kier molecular flexibility index (Phi) is 4.73. The number of allylic oxidation sites excluding steroid dienone is 1. The molecule has 1 aromatic carbocycles. The van der Waals surface area contributed by atoms with Crippen LogP contribution in [0.1, 0.15) is 13.8 Å². The summed E-state index contributed by atoms with van der Waals surface area (Å²) in [6.45, 7) is 3.44. The molecule has 0 amide bonds. The molecule has 0 saturated carbocycles. The van der Waals surface area contributed by atoms with Crippen LogP contribution in [-0.4, -0.2) is 31.2 Å². The van der Waals surface area contributed by atoms with Crippen LogP contribution in [0.15, 0.2) is 47.9 Å². The monoisotopic (exact) mass is 359 g/mol. The third-order valence-corrected chi connectivity index (χ3v) is 4.41. The predicted molar refractivity (Wildman–Crippen MR) is 88.9 cm³/mol. The number of carbonyl (C=O) groups excluding carboxylic acids is 2. The zero-order valence-electron chi connectivity index (χ0n) is 14.9. The Morgan fingerprint density at radius 3 is 2.50 bits per heavy atom. The van der Waals surface area contributed by atoms with Crippen molar-refractivity contribution in [2.45, 2.75) is 19.6 Å². The van der Waals surface area contributed by atoms with Gasteiger partial charge in [-0.1, -0.05) is 6.08 Å². The first-order valence-corrected chi connectivity index (χ1v) is 8.33. The molecule has 7 heteroatoms. The number of cyclic esters (lactones) is 1. The van der Waals surface area contributed by atoms with Crippen LogP contribution in [0.2, 0.25) is 0 Å². The maximum atomic E-state index is 12.3. The Balaban J connectivity index is 1.76. The number of ether oxygens (including phenoxy) is 3. The van der Waals surface area contributed by atoms with Crippen LogP contribution in [0.25, 0.3) is 0 Å². The number of nitrogens with two attached hydrogens (primary N) is 1. The average Bonchev–Trinajstić information content (AvgIpc) is 2.93. The smallest absolute Gasteiger partial charge is 0.338 e. The molecule has 2 aliphatic rings. The fourth-order valence-corrected chi connectivity index (χ4v) is 3.14. The molecule has 2 unspecified atom stereocenters. The number of carbonyl (C=O) groups is 2. The van der Waals surface area contributed by atoms with Crippen LogP contribution >= 0.6 is 0 Å². The largest absolute Gasteiger partial charge is 0.575 e. The number of quaternary nitrogens is 1. The quantitative estimate of drug-likeness (QED) is 0.593. The molecule has 0 bridgehead atoms. The summed E-state index contributed by atoms with van der Waals surface area (Å²) in [4.78, 5) is 24.6. The van der Waals surface area contributed by atoms with E-state index < -0.39 is 23.6 Å². The van der Waals surface area contributed by atoms with Gasteiger partial charge in [-0.25, -0.2) is 4.79 Å². The molecular weight excluding hydrogens is 338 g/mol. The van der Waals surface area contributed by atoms with E-state index in [2.05, 4.69) is 0 Å². The first-order chi connectivity index (χ1) is 12.3. The SMILES string of the molecule is COc1ccc([NH2+]CC2C=CC(=O)C2C2=C([O-])OC(C)(C)OC2=O)cc1. The number of benzene rings is 1. The van der Waals surface area contributed by atoms with Crippen molar-refractivity contribution in [3.8, 4) is 5.75 Å². The zero-order chi connectivity index (χ0) is 18.9. The Morgan fingerprint density at radius 2 is 1.88 bits per heavy atom. The molecule has 2 N–H and O–H groups in total. The molecular formula is C19H21NO6. The summed E-state index contributed by atoms with van der Waals surface area (Å²) in [6, 6.07) is 7.47. The number of ketones is 1. The topological polar surface area (TPSA) is 102 Å². The lowest BCUT2D eigenvalue weighted by atomic mass is 9.87. The molecule has 0 radical (unpaired) electrons. The summed E-state index contributed by atoms with van der Waals surface area (Å²) in [6.07, 6.45) is 3.13. The highest BCUT2D eigenvalue weighted by atomic mass is 16.8. The lowest BCUT2D eigenvalue weighted by Gasteiger charge is -2.40. The molecule has 1 aliphatic carbocycles. The van der Waals surface area contributed by atoms with Crippen LogP contribution in [0.3, 0.4) is 0 Å². The van der Waals surface area contributed by atoms with Crippen molar-refractivity contribution in [3.63, 3.8) is 0 Å². The molecule has 138 valence electrons. The molecule has 1 aliphatic heterocycles. The van der Waals surface area contributed by atoms with Crippen LogP contribution in [0.4, 0.5) is 5.69 Å². The van der Waals surface area contributed by atoms with Crippen molar-refractivity contribution in [3.05, 3.63) is 47.9 Å². The molecule has 0 saturated heterocycles. The number of hydrogen-bond donors (Lipinski definition) is 1. The first kappa shape index (κ1) is 18.0. The van der Waals surface area contributed by atoms with Crippen molar-refractivity contribution in [2.75, 3.05) is 13.7 Å². The molecule has 0 aromatic heterocycles. The number of rotatable bonds is 5. The van der Waals surface area contributed by atoms with E-state index in [0.29, 0.717) is 6.54 Å². The van der Waals surface area contributed by atoms with Gasteiger partial charge in [0.2, 0.25) is 0 Å². The van der Waals surface area contributed by atoms with E-state index in [-0.39, 0.29) is 17.3 Å². The van der Waals surface area contributed by atoms with Crippen molar-refractivity contribution in [2.24, 2.45) is 11.8 Å². The van der Waals surface area contributed by atoms with Gasteiger partial charge in [0.05, 0.1) is 31.1 Å². The van der Waals surface area contributed by atoms with Crippen molar-refractivity contribution in [1.82, 2.24) is 0 Å². The first-order valence-electron chi connectivity index (χ1n) is 8.33. The van der Waals surface area contributed by atoms with E-state index in [0.717, 1.165) is 11.4 Å². The summed E-state index contributed by atoms with van der Waals surface area (Å²) in [7, 11) is 1.60. The average molecular weight is 359 g/mol. The Morgan fingerprint density at radius 1 is 1.19 bits per heavy atom. The van der Waals surface area contributed by atoms with Gasteiger partial charge in [0.25, 0.3) is 0 Å². The number of hydrogen-bond acceptors (Lipinski definition) is 6. The number of esters is 1. The van der Waals surface area contributed by atoms with Crippen molar-refractivity contribution in [1.29, 1.82) is 0 Å². The maximum absolute atomic E-state index is 12.3. The Labute approximate surface area is 151 Å². The standard InChI is InChI=1S/C19H21NO6/c1-19(2)25-17(22)16(18(23)26-19)15-11(4-9-14(15)21)10-20-12-5-7-13(24-3)8-6-12/h4-9,11,15,20,22H,10H2,1-3H3. The molecule has 26 heavy (non-hydrogen) atoms. The normalized spacial score (nSPS) is 24.4. The minimum absolute atomic E-state index is 0.229. The van der Waals surface area contributed by atoms with E-state index in [1.165, 1.54) is 19.9 Å². The molecule has 0 spiro atoms. The van der Waals surface area contributed by atoms with Gasteiger partial charge in [-0.2, -0.15) is 0 Å². The molecule has 1 aromatic rings. The van der Waals surface area contributed by atoms with Gasteiger partial charge in [0.15, 0.2) is 11.6 Å². The van der Waals surface area contributed by atoms with E-state index >= 15 is 0 Å². The minimum Gasteiger partial charge on any atom is -0.575 e. The van der Waals surface area contributed by atoms with E-state index in [4.69, 9.17) is 14.2 Å². The highest BCUT2D eigenvalue weighted by molar-refractivity contribution is 6.04. The molecule has 1 heterocycles. The lowest BCUT2D eigenvalue weighted by molar-refractivity contribution is -0.577. The van der Waals surface area contributed by atoms with Gasteiger partial charge in [-0.15, -0.1) is 0 Å². The lowest BCUT2D eigenvalue weighted by Crippen LogP contribution is -2.79. The van der Waals surface area contributed by atoms with Gasteiger partial charge in [0, 0.05) is 18.1 Å². The predicted octanol–water partition coefficient (Wildman–Crippen LogP) is 0.143. The zero-order valence-corrected chi connectivity index (χ0v) is 14.9. The van der Waals surface area contributed by atoms with Gasteiger partial charge >= 0.3 is 5.97 Å². The molecule has 3 rings (SSSR count). The summed E-state index contributed by atoms with van der Waals surface area (Å²) in [5.41, 5.74) is 0.727. The summed E-state index contributed by atoms with van der Waals surface area (Å²) >= 11 is 0. The second-order valence-corrected chi connectivity index (χ2v) is 6.71. The van der Waals surface area contributed by atoms with Gasteiger partial charge in [0.1, 0.15) is 11.4 Å². The van der Waals surface area contributed by atoms with Gasteiger partial charge in [-0.3, -0.25) is 4.79 Å². The van der Waals surface area contributed by atoms with Gasteiger partial charge < -0.3 is 24.6 Å². The van der Waals surface area contributed by atoms with Crippen LogP contribution in [0, 0.1) is 11.8 Å². The second kappa shape index (κ2) is 6.84. The summed E-state index contributed by atoms with van der Waals surface area (Å²) in [5.74, 6) is -3.62. The van der Waals surface area contributed by atoms with Gasteiger partial charge in [-0.05, 0) is 32.1 Å². The molecule has 0 fully saturated rings. The van der Waals surface area contributed by atoms with Crippen LogP contribution < -0.4 is 15.2 Å². The van der Waals surface area contributed by atoms with E-state index in [1.807, 2.05) is 29.6 Å². The summed E-state index contributed by atoms with van der Waals surface area (Å²) < 4.78 is 15.4. The highest BCUT2D eigenvalue weighted by Gasteiger charge is 2.42. The van der Waals surface area contributed by atoms with E-state index in [9.17, 15) is 14.7 Å². The third kappa shape index (κ3) is 3.57. The maximum Gasteiger partial charge on any atom is 0.338 e. The molecule has 7 nitrogen and oxygen atoms in total. The summed E-state index contributed by atoms with van der Waals surface area (Å²) in [5, 5.41) is 14.2. The van der Waals surface area contributed by atoms with Crippen molar-refractivity contribution >= 4 is 17.4 Å². The Bertz CT molecular complexity index is 778. The third-order valence-electron chi connectivity index (χ3n) is 4.41. The van der Waals surface area contributed by atoms with Crippen LogP contribution in [-0.2, 0) is 19.1 Å². The van der Waals surface area contributed by atoms with E-state index in [1.54, 1.807) is 13.2 Å². The fourth-order valence-electron chi connectivity index (χ4n) is 3.14. The fraction of sp³-hybridized carbons (Fsp3) is 0.368. The highest BCUT2D eigenvalue weighted by Crippen LogP contribution is 2.35. The van der Waals surface area contributed by atoms with Crippen molar-refractivity contribution < 1.29 is 34.2 Å². The Hall–Kier alpha value is -2.80. The number of methoxy groups -OCH3 is 1. The van der Waals surface area contributed by atoms with Crippen LogP contribution in [0.5, 0.6) is 5.75 Å². The molecule has 2 atom stereocenters.